The molecule has 4 nitrogen and oxygen atoms in total. The van der Waals surface area contributed by atoms with Crippen molar-refractivity contribution in [2.75, 3.05) is 37.9 Å². The van der Waals surface area contributed by atoms with Gasteiger partial charge in [0.25, 0.3) is 0 Å². The summed E-state index contributed by atoms with van der Waals surface area (Å²) in [7, 11) is 3.23. The second-order valence-corrected chi connectivity index (χ2v) is 5.22. The van der Waals surface area contributed by atoms with E-state index in [1.54, 1.807) is 13.2 Å². The van der Waals surface area contributed by atoms with Gasteiger partial charge in [-0.3, -0.25) is 0 Å². The quantitative estimate of drug-likeness (QED) is 0.855. The van der Waals surface area contributed by atoms with E-state index in [1.807, 2.05) is 11.8 Å². The lowest BCUT2D eigenvalue weighted by molar-refractivity contribution is -0.00477. The molecule has 1 saturated heterocycles. The van der Waals surface area contributed by atoms with Crippen LogP contribution in [-0.2, 0) is 4.74 Å². The van der Waals surface area contributed by atoms with Gasteiger partial charge < -0.3 is 20.1 Å². The number of anilines is 2. The average molecular weight is 268 g/mol. The molecule has 0 spiro atoms. The van der Waals surface area contributed by atoms with Crippen molar-refractivity contribution in [2.45, 2.75) is 25.4 Å². The first kappa shape index (κ1) is 13.9. The van der Waals surface area contributed by atoms with Gasteiger partial charge in [0.1, 0.15) is 11.6 Å². The maximum Gasteiger partial charge on any atom is 0.148 e. The Labute approximate surface area is 113 Å². The average Bonchev–Trinajstić information content (AvgIpc) is 2.39. The first-order valence-corrected chi connectivity index (χ1v) is 6.42. The number of hydrogen-bond acceptors (Lipinski definition) is 4. The fourth-order valence-corrected chi connectivity index (χ4v) is 2.56. The van der Waals surface area contributed by atoms with Crippen LogP contribution in [0.2, 0.25) is 0 Å². The predicted octanol–water partition coefficient (Wildman–Crippen LogP) is 2.42. The standard InChI is InChI=1S/C14H21FN2O2/c1-14(19-3)5-4-6-17(9-14)12-8-13(18-2)11(16)7-10(12)15/h7-8H,4-6,9,16H2,1-3H3. The van der Waals surface area contributed by atoms with Crippen molar-refractivity contribution in [2.24, 2.45) is 0 Å². The van der Waals surface area contributed by atoms with Gasteiger partial charge >= 0.3 is 0 Å². The summed E-state index contributed by atoms with van der Waals surface area (Å²) in [5.74, 6) is 0.180. The van der Waals surface area contributed by atoms with Crippen molar-refractivity contribution in [1.29, 1.82) is 0 Å². The number of nitrogen functional groups attached to an aromatic ring is 1. The van der Waals surface area contributed by atoms with E-state index in [-0.39, 0.29) is 11.4 Å². The minimum absolute atomic E-state index is 0.237. The second-order valence-electron chi connectivity index (χ2n) is 5.22. The summed E-state index contributed by atoms with van der Waals surface area (Å²) < 4.78 is 24.8. The van der Waals surface area contributed by atoms with Crippen LogP contribution in [0.5, 0.6) is 5.75 Å². The summed E-state index contributed by atoms with van der Waals surface area (Å²) in [5, 5.41) is 0. The molecule has 0 radical (unpaired) electrons. The second kappa shape index (κ2) is 5.25. The largest absolute Gasteiger partial charge is 0.495 e. The molecule has 1 aliphatic heterocycles. The zero-order valence-corrected chi connectivity index (χ0v) is 11.7. The van der Waals surface area contributed by atoms with Crippen molar-refractivity contribution in [3.05, 3.63) is 17.9 Å². The fourth-order valence-electron chi connectivity index (χ4n) is 2.56. The number of nitrogens with zero attached hydrogens (tertiary/aromatic N) is 1. The molecule has 1 aliphatic rings. The van der Waals surface area contributed by atoms with E-state index in [9.17, 15) is 4.39 Å². The summed E-state index contributed by atoms with van der Waals surface area (Å²) in [6.07, 6.45) is 1.95. The Balaban J connectivity index is 2.31. The maximum atomic E-state index is 14.1. The molecule has 0 saturated carbocycles. The first-order chi connectivity index (χ1) is 8.99. The van der Waals surface area contributed by atoms with Gasteiger partial charge in [-0.1, -0.05) is 0 Å². The first-order valence-electron chi connectivity index (χ1n) is 6.42. The molecule has 2 rings (SSSR count). The Kier molecular flexibility index (Phi) is 3.85. The third-order valence-corrected chi connectivity index (χ3v) is 3.79. The van der Waals surface area contributed by atoms with Crippen LogP contribution in [0.25, 0.3) is 0 Å². The molecule has 1 unspecified atom stereocenters. The molecule has 1 atom stereocenters. The lowest BCUT2D eigenvalue weighted by Gasteiger charge is -2.40. The van der Waals surface area contributed by atoms with E-state index >= 15 is 0 Å². The van der Waals surface area contributed by atoms with Crippen LogP contribution < -0.4 is 15.4 Å². The molecule has 19 heavy (non-hydrogen) atoms. The molecular formula is C14H21FN2O2. The number of piperidine rings is 1. The van der Waals surface area contributed by atoms with E-state index in [4.69, 9.17) is 15.2 Å². The van der Waals surface area contributed by atoms with Crippen molar-refractivity contribution >= 4 is 11.4 Å². The Morgan fingerprint density at radius 3 is 2.74 bits per heavy atom. The van der Waals surface area contributed by atoms with Crippen LogP contribution >= 0.6 is 0 Å². The van der Waals surface area contributed by atoms with Gasteiger partial charge in [0.15, 0.2) is 0 Å². The van der Waals surface area contributed by atoms with Crippen molar-refractivity contribution in [3.8, 4) is 5.75 Å². The van der Waals surface area contributed by atoms with Crippen LogP contribution in [-0.4, -0.2) is 32.9 Å². The van der Waals surface area contributed by atoms with Gasteiger partial charge in [-0.05, 0) is 19.8 Å². The smallest absolute Gasteiger partial charge is 0.148 e. The molecule has 5 heteroatoms. The Bertz CT molecular complexity index is 467. The summed E-state index contributed by atoms with van der Waals surface area (Å²) in [4.78, 5) is 1.99. The third-order valence-electron chi connectivity index (χ3n) is 3.79. The molecule has 1 heterocycles. The molecule has 0 bridgehead atoms. The number of ether oxygens (including phenoxy) is 2. The van der Waals surface area contributed by atoms with Gasteiger partial charge in [0.2, 0.25) is 0 Å². The Morgan fingerprint density at radius 1 is 1.37 bits per heavy atom. The van der Waals surface area contributed by atoms with E-state index in [0.717, 1.165) is 19.4 Å². The van der Waals surface area contributed by atoms with Gasteiger partial charge in [-0.15, -0.1) is 0 Å². The highest BCUT2D eigenvalue weighted by molar-refractivity contribution is 5.63. The maximum absolute atomic E-state index is 14.1. The topological polar surface area (TPSA) is 47.7 Å². The molecule has 1 aromatic carbocycles. The summed E-state index contributed by atoms with van der Waals surface area (Å²) in [5.41, 5.74) is 6.30. The summed E-state index contributed by atoms with van der Waals surface area (Å²) >= 11 is 0. The van der Waals surface area contributed by atoms with E-state index < -0.39 is 0 Å². The van der Waals surface area contributed by atoms with Gasteiger partial charge in [-0.2, -0.15) is 0 Å². The van der Waals surface area contributed by atoms with Crippen molar-refractivity contribution in [3.63, 3.8) is 0 Å². The number of benzene rings is 1. The number of rotatable bonds is 3. The van der Waals surface area contributed by atoms with Gasteiger partial charge in [0.05, 0.1) is 24.1 Å². The SMILES string of the molecule is COc1cc(N2CCCC(C)(OC)C2)c(F)cc1N. The molecule has 0 aliphatic carbocycles. The highest BCUT2D eigenvalue weighted by Crippen LogP contribution is 2.34. The highest BCUT2D eigenvalue weighted by Gasteiger charge is 2.32. The molecule has 0 amide bonds. The van der Waals surface area contributed by atoms with Crippen LogP contribution in [0.1, 0.15) is 19.8 Å². The predicted molar refractivity (Wildman–Crippen MR) is 74.2 cm³/mol. The monoisotopic (exact) mass is 268 g/mol. The molecular weight excluding hydrogens is 247 g/mol. The zero-order chi connectivity index (χ0) is 14.0. The number of methoxy groups -OCH3 is 2. The van der Waals surface area contributed by atoms with Crippen LogP contribution in [0.15, 0.2) is 12.1 Å². The minimum atomic E-state index is -0.321. The minimum Gasteiger partial charge on any atom is -0.495 e. The summed E-state index contributed by atoms with van der Waals surface area (Å²) in [6.45, 7) is 3.52. The molecule has 2 N–H and O–H groups in total. The molecule has 1 aromatic rings. The Hall–Kier alpha value is -1.49. The number of nitrogens with two attached hydrogens (primary N) is 1. The van der Waals surface area contributed by atoms with E-state index in [1.165, 1.54) is 13.2 Å². The molecule has 106 valence electrons. The third kappa shape index (κ3) is 2.76. The lowest BCUT2D eigenvalue weighted by atomic mass is 9.94. The number of halogens is 1. The van der Waals surface area contributed by atoms with Crippen LogP contribution in [0.3, 0.4) is 0 Å². The number of hydrogen-bond donors (Lipinski definition) is 1. The van der Waals surface area contributed by atoms with Gasteiger partial charge in [0, 0.05) is 32.3 Å². The van der Waals surface area contributed by atoms with Crippen molar-refractivity contribution in [1.82, 2.24) is 0 Å². The fraction of sp³-hybridized carbons (Fsp3) is 0.571. The van der Waals surface area contributed by atoms with Gasteiger partial charge in [-0.25, -0.2) is 4.39 Å². The van der Waals surface area contributed by atoms with E-state index in [2.05, 4.69) is 0 Å². The normalized spacial score (nSPS) is 23.5. The van der Waals surface area contributed by atoms with Crippen LogP contribution in [0, 0.1) is 5.82 Å². The van der Waals surface area contributed by atoms with Crippen LogP contribution in [0.4, 0.5) is 15.8 Å². The summed E-state index contributed by atoms with van der Waals surface area (Å²) in [6, 6.07) is 2.97. The Morgan fingerprint density at radius 2 is 2.11 bits per heavy atom. The molecule has 1 fully saturated rings. The molecule has 0 aromatic heterocycles. The van der Waals surface area contributed by atoms with E-state index in [0.29, 0.717) is 23.7 Å². The zero-order valence-electron chi connectivity index (χ0n) is 11.7. The lowest BCUT2D eigenvalue weighted by Crippen LogP contribution is -2.47. The highest BCUT2D eigenvalue weighted by atomic mass is 19.1. The van der Waals surface area contributed by atoms with Crippen molar-refractivity contribution < 1.29 is 13.9 Å².